The number of hydrogen-bond donors (Lipinski definition) is 3. The van der Waals surface area contributed by atoms with Gasteiger partial charge in [-0.25, -0.2) is 4.99 Å². The van der Waals surface area contributed by atoms with Crippen LogP contribution in [0, 0.1) is 0 Å². The summed E-state index contributed by atoms with van der Waals surface area (Å²) in [5.74, 6) is 0. The Morgan fingerprint density at radius 2 is 0.971 bits per heavy atom. The summed E-state index contributed by atoms with van der Waals surface area (Å²) in [6.07, 6.45) is -0.0707. The summed E-state index contributed by atoms with van der Waals surface area (Å²) in [5, 5.41) is 9.79. The molecule has 0 aliphatic rings. The lowest BCUT2D eigenvalue weighted by molar-refractivity contribution is -0.923. The Balaban J connectivity index is 0.00000109. The van der Waals surface area contributed by atoms with E-state index in [1.54, 1.807) is 0 Å². The molecule has 0 fully saturated rings. The molecule has 0 aliphatic carbocycles. The van der Waals surface area contributed by atoms with E-state index >= 15 is 0 Å². The molecular weight excluding hydrogens is 1110 g/mol. The molecule has 0 heterocycles. The average Bonchev–Trinajstić information content (AvgIpc) is 3.34. The number of hydrogen-bond acceptors (Lipinski definition) is 6. The van der Waals surface area contributed by atoms with Crippen LogP contribution in [0.25, 0.3) is 0 Å². The van der Waals surface area contributed by atoms with Gasteiger partial charge in [-0.15, -0.1) is 0 Å². The van der Waals surface area contributed by atoms with Crippen molar-refractivity contribution in [3.05, 3.63) is 143 Å². The molecule has 68 heavy (non-hydrogen) atoms. The monoisotopic (exact) mass is 1190 g/mol. The maximum Gasteiger partial charge on any atom is 0.166 e. The minimum atomic E-state index is -0.0375. The lowest BCUT2D eigenvalue weighted by atomic mass is 9.87. The second-order valence-electron chi connectivity index (χ2n) is 19.2. The zero-order valence-corrected chi connectivity index (χ0v) is 49.7. The molecule has 8 nitrogen and oxygen atoms in total. The van der Waals surface area contributed by atoms with Gasteiger partial charge in [0.1, 0.15) is 25.3 Å². The third-order valence-corrected chi connectivity index (χ3v) is 13.7. The third-order valence-electron chi connectivity index (χ3n) is 13.2. The Hall–Kier alpha value is -2.37. The highest BCUT2D eigenvalue weighted by Crippen LogP contribution is 2.24. The zero-order valence-electron chi connectivity index (χ0n) is 43.8. The van der Waals surface area contributed by atoms with Crippen LogP contribution >= 0.6 is 24.4 Å². The molecule has 0 spiro atoms. The van der Waals surface area contributed by atoms with Crippen molar-refractivity contribution in [3.8, 4) is 0 Å². The first-order chi connectivity index (χ1) is 31.5. The molecule has 0 aromatic heterocycles. The first-order valence-electron chi connectivity index (χ1n) is 24.4. The zero-order chi connectivity index (χ0) is 49.1. The molecule has 12 heteroatoms. The molecule has 4 aromatic rings. The Morgan fingerprint density at radius 3 is 1.34 bits per heavy atom. The van der Waals surface area contributed by atoms with Crippen LogP contribution in [0.15, 0.2) is 114 Å². The van der Waals surface area contributed by atoms with E-state index in [1.165, 1.54) is 27.8 Å². The van der Waals surface area contributed by atoms with Crippen molar-refractivity contribution in [3.63, 3.8) is 0 Å². The summed E-state index contributed by atoms with van der Waals surface area (Å²) in [6.45, 7) is 39.8. The van der Waals surface area contributed by atoms with Gasteiger partial charge in [-0.1, -0.05) is 151 Å². The third kappa shape index (κ3) is 24.2. The van der Waals surface area contributed by atoms with Gasteiger partial charge in [0, 0.05) is 19.6 Å². The van der Waals surface area contributed by atoms with Gasteiger partial charge in [0.25, 0.3) is 0 Å². The van der Waals surface area contributed by atoms with Gasteiger partial charge in [-0.3, -0.25) is 0 Å². The fourth-order valence-corrected chi connectivity index (χ4v) is 7.97. The van der Waals surface area contributed by atoms with E-state index in [0.717, 1.165) is 80.1 Å². The number of likely N-dealkylation sites (N-methyl/N-ethyl adjacent to an activating group) is 2. The van der Waals surface area contributed by atoms with Crippen molar-refractivity contribution < 1.29 is 66.4 Å². The fraction of sp³-hybridized carbons (Fsp3) is 0.536. The summed E-state index contributed by atoms with van der Waals surface area (Å²) in [4.78, 5) is 4.06. The number of thiocarbonyl (C=S) groups is 2. The van der Waals surface area contributed by atoms with Gasteiger partial charge in [0.05, 0.1) is 64.2 Å². The molecule has 4 rings (SSSR count). The van der Waals surface area contributed by atoms with Crippen LogP contribution in [-0.2, 0) is 33.4 Å². The van der Waals surface area contributed by atoms with Crippen LogP contribution < -0.4 is 64.3 Å². The second-order valence-corrected chi connectivity index (χ2v) is 19.8. The fourth-order valence-electron chi connectivity index (χ4n) is 7.74. The van der Waals surface area contributed by atoms with Crippen molar-refractivity contribution in [1.82, 2.24) is 10.6 Å². The molecular formula is C56H88I2N6O2S2. The maximum absolute atomic E-state index is 6.38. The van der Waals surface area contributed by atoms with Crippen LogP contribution in [0.5, 0.6) is 0 Å². The number of ether oxygens (including phenoxy) is 2. The SMILES string of the molecule is CC(C)(C)c1ccc(CN)cc1.CC[N+](CC)(CC)CCOC(CN=C=S)c1ccccc1.CC[N+](CC)(CC)CCOC(CNC(=S)NCc1ccc(C(C)(C)C)cc1)c1ccccc1.[I-].[I-]. The van der Waals surface area contributed by atoms with Gasteiger partial charge in [0.15, 0.2) is 5.11 Å². The second kappa shape index (κ2) is 34.9. The lowest BCUT2D eigenvalue weighted by Crippen LogP contribution is -3.00. The number of nitrogens with zero attached hydrogens (tertiary/aromatic N) is 3. The molecule has 0 bridgehead atoms. The maximum atomic E-state index is 6.38. The highest BCUT2D eigenvalue weighted by molar-refractivity contribution is 7.80. The van der Waals surface area contributed by atoms with E-state index in [9.17, 15) is 0 Å². The number of benzene rings is 4. The van der Waals surface area contributed by atoms with E-state index in [4.69, 9.17) is 27.4 Å². The van der Waals surface area contributed by atoms with Crippen molar-refractivity contribution in [2.45, 2.75) is 119 Å². The van der Waals surface area contributed by atoms with Crippen LogP contribution in [0.4, 0.5) is 0 Å². The number of halogens is 2. The van der Waals surface area contributed by atoms with E-state index in [1.807, 2.05) is 24.3 Å². The van der Waals surface area contributed by atoms with Crippen LogP contribution in [-0.4, -0.2) is 97.9 Å². The summed E-state index contributed by atoms with van der Waals surface area (Å²) in [7, 11) is 0. The molecule has 0 saturated heterocycles. The standard InChI is InChI=1S/C28H43N3OS.C17H27N2OS.C11H17N.2HI/c1-7-31(8-2,9-3)19-20-32-26(24-13-11-10-12-14-24)22-30-27(33)29-21-23-15-17-25(18-16-23)28(4,5)6;1-4-19(5-2,6-3)12-13-20-17(14-18-15-21)16-10-8-7-9-11-16;1-11(2,3)10-6-4-9(8-12)5-7-10;;/h10-18,26H,7-9,19-22H2,1-6H3,(H-,29,30,33);7-11,17H,4-6,12-14H2,1-3H3;4-7H,8,12H2,1-3H3;2*1H/q;+1;;;/p-1. The van der Waals surface area contributed by atoms with Crippen molar-refractivity contribution in [2.24, 2.45) is 10.7 Å². The molecule has 0 amide bonds. The minimum absolute atomic E-state index is 0. The summed E-state index contributed by atoms with van der Waals surface area (Å²) in [6, 6.07) is 37.9. The van der Waals surface area contributed by atoms with Gasteiger partial charge < -0.3 is 82.8 Å². The highest BCUT2D eigenvalue weighted by Gasteiger charge is 2.23. The van der Waals surface area contributed by atoms with Gasteiger partial charge in [0.2, 0.25) is 0 Å². The highest BCUT2D eigenvalue weighted by atomic mass is 127. The van der Waals surface area contributed by atoms with E-state index in [0.29, 0.717) is 31.3 Å². The first-order valence-corrected chi connectivity index (χ1v) is 25.3. The average molecular weight is 1200 g/mol. The van der Waals surface area contributed by atoms with E-state index < -0.39 is 0 Å². The van der Waals surface area contributed by atoms with E-state index in [-0.39, 0.29) is 71.0 Å². The smallest absolute Gasteiger partial charge is 0.166 e. The summed E-state index contributed by atoms with van der Waals surface area (Å²) in [5.41, 5.74) is 13.4. The van der Waals surface area contributed by atoms with Gasteiger partial charge in [-0.2, -0.15) is 0 Å². The Bertz CT molecular complexity index is 1930. The summed E-state index contributed by atoms with van der Waals surface area (Å²) >= 11 is 10.2. The van der Waals surface area contributed by atoms with Gasteiger partial charge in [-0.05, 0) is 110 Å². The van der Waals surface area contributed by atoms with Crippen LogP contribution in [0.3, 0.4) is 0 Å². The quantitative estimate of drug-likeness (QED) is 0.0378. The van der Waals surface area contributed by atoms with Crippen molar-refractivity contribution in [2.75, 3.05) is 78.7 Å². The van der Waals surface area contributed by atoms with Gasteiger partial charge >= 0.3 is 0 Å². The first kappa shape index (κ1) is 65.6. The lowest BCUT2D eigenvalue weighted by Gasteiger charge is -2.36. The largest absolute Gasteiger partial charge is 1.00 e. The molecule has 2 unspecified atom stereocenters. The van der Waals surface area contributed by atoms with Crippen LogP contribution in [0.1, 0.15) is 129 Å². The number of isothiocyanates is 1. The molecule has 2 atom stereocenters. The molecule has 4 N–H and O–H groups in total. The Morgan fingerprint density at radius 1 is 0.588 bits per heavy atom. The summed E-state index contributed by atoms with van der Waals surface area (Å²) < 4.78 is 14.7. The molecule has 0 radical (unpaired) electrons. The molecule has 0 saturated carbocycles. The number of nitrogens with one attached hydrogen (secondary N) is 2. The minimum Gasteiger partial charge on any atom is -1.00 e. The molecule has 380 valence electrons. The Kier molecular flexibility index (Phi) is 33.7. The predicted octanol–water partition coefficient (Wildman–Crippen LogP) is 5.76. The Labute approximate surface area is 459 Å². The molecule has 0 aliphatic heterocycles. The number of aliphatic imine (C=N–C) groups is 1. The predicted molar refractivity (Wildman–Crippen MR) is 289 cm³/mol. The topological polar surface area (TPSA) is 80.9 Å². The number of quaternary nitrogens is 2. The van der Waals surface area contributed by atoms with Crippen molar-refractivity contribution in [1.29, 1.82) is 0 Å². The number of rotatable bonds is 23. The van der Waals surface area contributed by atoms with E-state index in [2.05, 4.69) is 201 Å². The number of nitrogens with two attached hydrogens (primary N) is 1. The normalized spacial score (nSPS) is 12.2. The molecule has 4 aromatic carbocycles. The van der Waals surface area contributed by atoms with Crippen molar-refractivity contribution >= 4 is 34.7 Å². The van der Waals surface area contributed by atoms with Crippen LogP contribution in [0.2, 0.25) is 0 Å².